The lowest BCUT2D eigenvalue weighted by Crippen LogP contribution is -2.11. The third kappa shape index (κ3) is 6.34. The van der Waals surface area contributed by atoms with Crippen LogP contribution < -0.4 is 24.3 Å². The molecule has 0 aliphatic carbocycles. The highest BCUT2D eigenvalue weighted by Gasteiger charge is 2.20. The number of carbonyl (C=O) groups is 2. The van der Waals surface area contributed by atoms with Crippen LogP contribution in [0.2, 0.25) is 0 Å². The van der Waals surface area contributed by atoms with Crippen LogP contribution in [0, 0.1) is 0 Å². The second-order valence-corrected chi connectivity index (χ2v) is 10.9. The lowest BCUT2D eigenvalue weighted by Gasteiger charge is -2.13. The molecule has 0 aliphatic heterocycles. The van der Waals surface area contributed by atoms with Crippen molar-refractivity contribution in [3.05, 3.63) is 120 Å². The van der Waals surface area contributed by atoms with Gasteiger partial charge in [0.05, 0.1) is 31.5 Å². The van der Waals surface area contributed by atoms with Gasteiger partial charge in [0.25, 0.3) is 5.91 Å². The zero-order chi connectivity index (χ0) is 31.3. The SMILES string of the molecule is COc1cc(OC)c(C(=O)Oc2ccc(-c3ccc(NC(=O)c4ccc(-c5nc6ccccc6s5)cc4)cc3)cc2)cc1OC. The molecule has 8 nitrogen and oxygen atoms in total. The quantitative estimate of drug-likeness (QED) is 0.129. The summed E-state index contributed by atoms with van der Waals surface area (Å²) in [5, 5.41) is 3.87. The number of nitrogens with zero attached hydrogens (tertiary/aromatic N) is 1. The van der Waals surface area contributed by atoms with E-state index in [2.05, 4.69) is 16.4 Å². The highest BCUT2D eigenvalue weighted by atomic mass is 32.1. The van der Waals surface area contributed by atoms with Crippen molar-refractivity contribution in [3.8, 4) is 44.7 Å². The molecule has 5 aromatic carbocycles. The molecule has 1 heterocycles. The minimum atomic E-state index is -0.591. The molecule has 1 aromatic heterocycles. The van der Waals surface area contributed by atoms with Gasteiger partial charge in [-0.2, -0.15) is 0 Å². The summed E-state index contributed by atoms with van der Waals surface area (Å²) in [7, 11) is 4.46. The zero-order valence-corrected chi connectivity index (χ0v) is 25.5. The number of nitrogens with one attached hydrogen (secondary N) is 1. The predicted octanol–water partition coefficient (Wildman–Crippen LogP) is 8.13. The van der Waals surface area contributed by atoms with E-state index in [1.165, 1.54) is 27.4 Å². The van der Waals surface area contributed by atoms with Gasteiger partial charge in [-0.05, 0) is 59.7 Å². The van der Waals surface area contributed by atoms with Gasteiger partial charge in [0, 0.05) is 28.9 Å². The number of para-hydroxylation sites is 1. The van der Waals surface area contributed by atoms with Gasteiger partial charge in [0.1, 0.15) is 22.1 Å². The fourth-order valence-corrected chi connectivity index (χ4v) is 5.75. The van der Waals surface area contributed by atoms with Crippen LogP contribution in [0.1, 0.15) is 20.7 Å². The van der Waals surface area contributed by atoms with E-state index in [-0.39, 0.29) is 11.5 Å². The Kier molecular flexibility index (Phi) is 8.43. The largest absolute Gasteiger partial charge is 0.496 e. The maximum absolute atomic E-state index is 12.9. The number of carbonyl (C=O) groups excluding carboxylic acids is 2. The molecule has 0 unspecified atom stereocenters. The van der Waals surface area contributed by atoms with Crippen LogP contribution in [0.15, 0.2) is 109 Å². The second-order valence-electron chi connectivity index (χ2n) is 9.92. The monoisotopic (exact) mass is 616 g/mol. The van der Waals surface area contributed by atoms with Crippen LogP contribution in [-0.2, 0) is 0 Å². The molecule has 1 N–H and O–H groups in total. The minimum Gasteiger partial charge on any atom is -0.496 e. The Morgan fingerprint density at radius 3 is 1.91 bits per heavy atom. The number of benzene rings is 5. The van der Waals surface area contributed by atoms with E-state index in [0.717, 1.165) is 31.9 Å². The molecule has 6 aromatic rings. The third-order valence-electron chi connectivity index (χ3n) is 7.15. The third-order valence-corrected chi connectivity index (χ3v) is 8.24. The molecular formula is C36H28N2O6S. The van der Waals surface area contributed by atoms with Gasteiger partial charge < -0.3 is 24.3 Å². The van der Waals surface area contributed by atoms with Gasteiger partial charge in [0.2, 0.25) is 0 Å². The van der Waals surface area contributed by atoms with Gasteiger partial charge in [-0.1, -0.05) is 48.5 Å². The van der Waals surface area contributed by atoms with Crippen molar-refractivity contribution in [2.24, 2.45) is 0 Å². The maximum atomic E-state index is 12.9. The first-order valence-corrected chi connectivity index (χ1v) is 14.8. The van der Waals surface area contributed by atoms with Crippen LogP contribution in [-0.4, -0.2) is 38.2 Å². The number of methoxy groups -OCH3 is 3. The predicted molar refractivity (Wildman–Crippen MR) is 176 cm³/mol. The number of ether oxygens (including phenoxy) is 4. The van der Waals surface area contributed by atoms with Crippen molar-refractivity contribution in [2.45, 2.75) is 0 Å². The first kappa shape index (κ1) is 29.4. The maximum Gasteiger partial charge on any atom is 0.347 e. The summed E-state index contributed by atoms with van der Waals surface area (Å²) < 4.78 is 22.7. The first-order chi connectivity index (χ1) is 21.9. The Morgan fingerprint density at radius 2 is 1.27 bits per heavy atom. The fraction of sp³-hybridized carbons (Fsp3) is 0.0833. The van der Waals surface area contributed by atoms with E-state index < -0.39 is 5.97 Å². The summed E-state index contributed by atoms with van der Waals surface area (Å²) >= 11 is 1.63. The van der Waals surface area contributed by atoms with Gasteiger partial charge in [-0.15, -0.1) is 11.3 Å². The number of anilines is 1. The molecule has 0 saturated carbocycles. The molecule has 6 rings (SSSR count). The molecule has 0 radical (unpaired) electrons. The number of fused-ring (bicyclic) bond motifs is 1. The molecule has 0 bridgehead atoms. The van der Waals surface area contributed by atoms with Gasteiger partial charge in [-0.3, -0.25) is 4.79 Å². The number of thiazole rings is 1. The standard InChI is InChI=1S/C36H28N2O6S/c1-41-30-21-32(43-3)31(42-2)20-28(30)36(40)44-27-18-14-23(15-19-27)22-12-16-26(17-13-22)37-34(39)24-8-10-25(11-9-24)35-38-29-6-4-5-7-33(29)45-35/h4-21H,1-3H3,(H,37,39). The van der Waals surface area contributed by atoms with E-state index in [4.69, 9.17) is 18.9 Å². The Balaban J connectivity index is 1.08. The first-order valence-electron chi connectivity index (χ1n) is 14.0. The molecular weight excluding hydrogens is 588 g/mol. The van der Waals surface area contributed by atoms with Crippen LogP contribution in [0.25, 0.3) is 31.9 Å². The number of rotatable bonds is 9. The Bertz CT molecular complexity index is 1950. The molecule has 0 saturated heterocycles. The molecule has 0 fully saturated rings. The molecule has 45 heavy (non-hydrogen) atoms. The number of aromatic nitrogens is 1. The summed E-state index contributed by atoms with van der Waals surface area (Å²) in [5.41, 5.74) is 5.23. The summed E-state index contributed by atoms with van der Waals surface area (Å²) in [5.74, 6) is 0.722. The summed E-state index contributed by atoms with van der Waals surface area (Å²) in [4.78, 5) is 30.5. The smallest absolute Gasteiger partial charge is 0.347 e. The fourth-order valence-electron chi connectivity index (χ4n) is 4.78. The van der Waals surface area contributed by atoms with E-state index in [1.807, 2.05) is 66.7 Å². The Hall–Kier alpha value is -5.67. The van der Waals surface area contributed by atoms with Crippen LogP contribution in [0.3, 0.4) is 0 Å². The normalized spacial score (nSPS) is 10.7. The molecule has 9 heteroatoms. The van der Waals surface area contributed by atoms with Crippen molar-refractivity contribution in [1.29, 1.82) is 0 Å². The lowest BCUT2D eigenvalue weighted by atomic mass is 10.1. The Labute approximate surface area is 263 Å². The van der Waals surface area contributed by atoms with Crippen LogP contribution >= 0.6 is 11.3 Å². The highest BCUT2D eigenvalue weighted by molar-refractivity contribution is 7.21. The van der Waals surface area contributed by atoms with E-state index in [1.54, 1.807) is 41.7 Å². The molecule has 0 spiro atoms. The average Bonchev–Trinajstić information content (AvgIpc) is 3.53. The van der Waals surface area contributed by atoms with E-state index >= 15 is 0 Å². The summed E-state index contributed by atoms with van der Waals surface area (Å²) in [6.45, 7) is 0. The highest BCUT2D eigenvalue weighted by Crippen LogP contribution is 2.35. The number of esters is 1. The van der Waals surface area contributed by atoms with Gasteiger partial charge in [0.15, 0.2) is 11.5 Å². The molecule has 0 aliphatic rings. The molecule has 1 amide bonds. The van der Waals surface area contributed by atoms with Crippen LogP contribution in [0.5, 0.6) is 23.0 Å². The lowest BCUT2D eigenvalue weighted by molar-refractivity contribution is 0.0730. The van der Waals surface area contributed by atoms with Crippen molar-refractivity contribution < 1.29 is 28.5 Å². The van der Waals surface area contributed by atoms with Gasteiger partial charge in [-0.25, -0.2) is 9.78 Å². The molecule has 224 valence electrons. The number of amides is 1. The summed E-state index contributed by atoms with van der Waals surface area (Å²) in [6, 6.07) is 33.2. The van der Waals surface area contributed by atoms with Crippen molar-refractivity contribution in [1.82, 2.24) is 4.98 Å². The van der Waals surface area contributed by atoms with E-state index in [9.17, 15) is 9.59 Å². The minimum absolute atomic E-state index is 0.198. The van der Waals surface area contributed by atoms with E-state index in [0.29, 0.717) is 34.2 Å². The number of hydrogen-bond donors (Lipinski definition) is 1. The summed E-state index contributed by atoms with van der Waals surface area (Å²) in [6.07, 6.45) is 0. The molecule has 0 atom stereocenters. The van der Waals surface area contributed by atoms with Crippen molar-refractivity contribution in [3.63, 3.8) is 0 Å². The Morgan fingerprint density at radius 1 is 0.667 bits per heavy atom. The van der Waals surface area contributed by atoms with Gasteiger partial charge >= 0.3 is 5.97 Å². The number of hydrogen-bond acceptors (Lipinski definition) is 8. The van der Waals surface area contributed by atoms with Crippen molar-refractivity contribution >= 4 is 39.1 Å². The van der Waals surface area contributed by atoms with Crippen LogP contribution in [0.4, 0.5) is 5.69 Å². The average molecular weight is 617 g/mol. The van der Waals surface area contributed by atoms with Crippen molar-refractivity contribution in [2.75, 3.05) is 26.6 Å². The zero-order valence-electron chi connectivity index (χ0n) is 24.7. The second kappa shape index (κ2) is 12.9. The topological polar surface area (TPSA) is 96.0 Å².